The maximum atomic E-state index is 11.8. The molecular formula is C13H25NO. The molecule has 0 radical (unpaired) electrons. The largest absolute Gasteiger partial charge is 0.330 e. The fourth-order valence-electron chi connectivity index (χ4n) is 2.60. The lowest BCUT2D eigenvalue weighted by molar-refractivity contribution is -0.123. The van der Waals surface area contributed by atoms with Crippen molar-refractivity contribution in [3.8, 4) is 0 Å². The van der Waals surface area contributed by atoms with Crippen molar-refractivity contribution in [1.82, 2.24) is 0 Å². The van der Waals surface area contributed by atoms with Crippen LogP contribution in [0.5, 0.6) is 0 Å². The van der Waals surface area contributed by atoms with E-state index >= 15 is 0 Å². The van der Waals surface area contributed by atoms with Crippen LogP contribution in [-0.2, 0) is 4.79 Å². The summed E-state index contributed by atoms with van der Waals surface area (Å²) >= 11 is 0. The summed E-state index contributed by atoms with van der Waals surface area (Å²) in [7, 11) is 0. The number of rotatable bonds is 7. The van der Waals surface area contributed by atoms with Gasteiger partial charge < -0.3 is 5.73 Å². The van der Waals surface area contributed by atoms with Crippen LogP contribution in [0.2, 0.25) is 0 Å². The summed E-state index contributed by atoms with van der Waals surface area (Å²) in [6.07, 6.45) is 7.43. The topological polar surface area (TPSA) is 43.1 Å². The van der Waals surface area contributed by atoms with Crippen LogP contribution < -0.4 is 5.73 Å². The highest BCUT2D eigenvalue weighted by Gasteiger charge is 2.37. The molecule has 2 N–H and O–H groups in total. The summed E-state index contributed by atoms with van der Waals surface area (Å²) in [5.74, 6) is 0.985. The second kappa shape index (κ2) is 5.64. The zero-order valence-corrected chi connectivity index (χ0v) is 10.2. The number of Topliss-reactive ketones (excluding diaryl/α,β-unsaturated/α-hetero) is 1. The van der Waals surface area contributed by atoms with Gasteiger partial charge in [0.2, 0.25) is 0 Å². The molecule has 0 aromatic carbocycles. The second-order valence-corrected chi connectivity index (χ2v) is 5.37. The highest BCUT2D eigenvalue weighted by molar-refractivity contribution is 5.79. The Morgan fingerprint density at radius 3 is 2.53 bits per heavy atom. The highest BCUT2D eigenvalue weighted by atomic mass is 16.1. The molecule has 0 bridgehead atoms. The van der Waals surface area contributed by atoms with Crippen molar-refractivity contribution in [2.75, 3.05) is 6.54 Å². The molecule has 1 rings (SSSR count). The standard InChI is InChI=1S/C13H25NO/c1-3-5-11(2)8-12(15)9-13(10-14)6-4-7-13/h11H,3-10,14H2,1-2H3. The number of carbonyl (C=O) groups excluding carboxylic acids is 1. The van der Waals surface area contributed by atoms with E-state index in [1.165, 1.54) is 19.3 Å². The van der Waals surface area contributed by atoms with Gasteiger partial charge in [-0.25, -0.2) is 0 Å². The monoisotopic (exact) mass is 211 g/mol. The first-order valence-corrected chi connectivity index (χ1v) is 6.33. The molecule has 1 aliphatic rings. The van der Waals surface area contributed by atoms with E-state index in [-0.39, 0.29) is 5.41 Å². The van der Waals surface area contributed by atoms with Gasteiger partial charge in [0.15, 0.2) is 0 Å². The Labute approximate surface area is 93.6 Å². The summed E-state index contributed by atoms with van der Waals surface area (Å²) in [5.41, 5.74) is 5.95. The minimum atomic E-state index is 0.197. The Bertz CT molecular complexity index is 203. The first kappa shape index (κ1) is 12.7. The minimum Gasteiger partial charge on any atom is -0.330 e. The third kappa shape index (κ3) is 3.60. The molecule has 1 saturated carbocycles. The first-order valence-electron chi connectivity index (χ1n) is 6.33. The second-order valence-electron chi connectivity index (χ2n) is 5.37. The van der Waals surface area contributed by atoms with Crippen molar-refractivity contribution in [2.24, 2.45) is 17.1 Å². The number of carbonyl (C=O) groups is 1. The molecule has 0 aliphatic heterocycles. The molecule has 1 atom stereocenters. The van der Waals surface area contributed by atoms with E-state index in [0.717, 1.165) is 25.7 Å². The fourth-order valence-corrected chi connectivity index (χ4v) is 2.60. The summed E-state index contributed by atoms with van der Waals surface area (Å²) < 4.78 is 0. The molecule has 0 aromatic heterocycles. The molecule has 2 heteroatoms. The molecule has 0 spiro atoms. The van der Waals surface area contributed by atoms with Gasteiger partial charge in [0.1, 0.15) is 5.78 Å². The van der Waals surface area contributed by atoms with Gasteiger partial charge in [-0.3, -0.25) is 4.79 Å². The van der Waals surface area contributed by atoms with Crippen molar-refractivity contribution in [2.45, 2.75) is 58.8 Å². The van der Waals surface area contributed by atoms with Crippen molar-refractivity contribution in [1.29, 1.82) is 0 Å². The third-order valence-corrected chi connectivity index (χ3v) is 3.78. The SMILES string of the molecule is CCCC(C)CC(=O)CC1(CN)CCC1. The molecule has 0 aromatic rings. The van der Waals surface area contributed by atoms with E-state index < -0.39 is 0 Å². The Kier molecular flexibility index (Phi) is 4.78. The Morgan fingerprint density at radius 2 is 2.13 bits per heavy atom. The molecule has 0 heterocycles. The van der Waals surface area contributed by atoms with E-state index in [0.29, 0.717) is 18.2 Å². The van der Waals surface area contributed by atoms with E-state index in [1.54, 1.807) is 0 Å². The molecule has 1 unspecified atom stereocenters. The van der Waals surface area contributed by atoms with E-state index in [1.807, 2.05) is 0 Å². The molecule has 0 saturated heterocycles. The summed E-state index contributed by atoms with van der Waals surface area (Å²) in [6, 6.07) is 0. The van der Waals surface area contributed by atoms with E-state index in [4.69, 9.17) is 5.73 Å². The zero-order valence-electron chi connectivity index (χ0n) is 10.2. The molecule has 1 aliphatic carbocycles. The smallest absolute Gasteiger partial charge is 0.133 e. The van der Waals surface area contributed by atoms with Crippen LogP contribution in [0.1, 0.15) is 58.8 Å². The molecule has 2 nitrogen and oxygen atoms in total. The fraction of sp³-hybridized carbons (Fsp3) is 0.923. The number of ketones is 1. The first-order chi connectivity index (χ1) is 7.12. The van der Waals surface area contributed by atoms with E-state index in [2.05, 4.69) is 13.8 Å². The highest BCUT2D eigenvalue weighted by Crippen LogP contribution is 2.43. The average Bonchev–Trinajstić information content (AvgIpc) is 2.11. The lowest BCUT2D eigenvalue weighted by Crippen LogP contribution is -2.39. The maximum Gasteiger partial charge on any atom is 0.133 e. The van der Waals surface area contributed by atoms with Gasteiger partial charge in [0.05, 0.1) is 0 Å². The number of hydrogen-bond donors (Lipinski definition) is 1. The van der Waals surface area contributed by atoms with Crippen molar-refractivity contribution < 1.29 is 4.79 Å². The van der Waals surface area contributed by atoms with Gasteiger partial charge in [-0.15, -0.1) is 0 Å². The Balaban J connectivity index is 2.28. The van der Waals surface area contributed by atoms with Crippen LogP contribution >= 0.6 is 0 Å². The van der Waals surface area contributed by atoms with Gasteiger partial charge in [0.25, 0.3) is 0 Å². The van der Waals surface area contributed by atoms with Gasteiger partial charge in [-0.1, -0.05) is 33.1 Å². The molecule has 0 amide bonds. The van der Waals surface area contributed by atoms with Crippen molar-refractivity contribution in [3.63, 3.8) is 0 Å². The molecule has 1 fully saturated rings. The maximum absolute atomic E-state index is 11.8. The van der Waals surface area contributed by atoms with Crippen LogP contribution in [0.4, 0.5) is 0 Å². The van der Waals surface area contributed by atoms with Crippen molar-refractivity contribution >= 4 is 5.78 Å². The summed E-state index contributed by atoms with van der Waals surface area (Å²) in [5, 5.41) is 0. The average molecular weight is 211 g/mol. The van der Waals surface area contributed by atoms with Crippen molar-refractivity contribution in [3.05, 3.63) is 0 Å². The predicted octanol–water partition coefficient (Wildman–Crippen LogP) is 2.90. The van der Waals surface area contributed by atoms with Crippen LogP contribution in [0, 0.1) is 11.3 Å². The van der Waals surface area contributed by atoms with Gasteiger partial charge in [-0.2, -0.15) is 0 Å². The molecule has 15 heavy (non-hydrogen) atoms. The van der Waals surface area contributed by atoms with Gasteiger partial charge in [0, 0.05) is 12.8 Å². The third-order valence-electron chi connectivity index (χ3n) is 3.78. The lowest BCUT2D eigenvalue weighted by Gasteiger charge is -2.40. The summed E-state index contributed by atoms with van der Waals surface area (Å²) in [6.45, 7) is 5.05. The Morgan fingerprint density at radius 1 is 1.47 bits per heavy atom. The molecular weight excluding hydrogens is 186 g/mol. The van der Waals surface area contributed by atoms with Crippen LogP contribution in [0.25, 0.3) is 0 Å². The minimum absolute atomic E-state index is 0.197. The quantitative estimate of drug-likeness (QED) is 0.703. The van der Waals surface area contributed by atoms with Crippen LogP contribution in [0.3, 0.4) is 0 Å². The normalized spacial score (nSPS) is 20.7. The lowest BCUT2D eigenvalue weighted by atomic mass is 9.65. The number of nitrogens with two attached hydrogens (primary N) is 1. The zero-order chi connectivity index (χ0) is 11.3. The van der Waals surface area contributed by atoms with Gasteiger partial charge >= 0.3 is 0 Å². The van der Waals surface area contributed by atoms with Crippen LogP contribution in [0.15, 0.2) is 0 Å². The Hall–Kier alpha value is -0.370. The van der Waals surface area contributed by atoms with Crippen LogP contribution in [-0.4, -0.2) is 12.3 Å². The summed E-state index contributed by atoms with van der Waals surface area (Å²) in [4.78, 5) is 11.8. The molecule has 88 valence electrons. The van der Waals surface area contributed by atoms with Gasteiger partial charge in [-0.05, 0) is 30.7 Å². The number of hydrogen-bond acceptors (Lipinski definition) is 2. The predicted molar refractivity (Wildman–Crippen MR) is 63.7 cm³/mol. The van der Waals surface area contributed by atoms with E-state index in [9.17, 15) is 4.79 Å².